The second-order valence-corrected chi connectivity index (χ2v) is 7.66. The van der Waals surface area contributed by atoms with Crippen LogP contribution in [0.4, 0.5) is 9.18 Å². The van der Waals surface area contributed by atoms with E-state index in [1.165, 1.54) is 23.5 Å². The molecule has 1 atom stereocenters. The lowest BCUT2D eigenvalue weighted by atomic mass is 10.2. The highest BCUT2D eigenvalue weighted by atomic mass is 32.2. The van der Waals surface area contributed by atoms with Crippen LogP contribution in [0.5, 0.6) is 0 Å². The van der Waals surface area contributed by atoms with Gasteiger partial charge in [-0.3, -0.25) is 10.1 Å². The number of carbonyl (C=O) groups is 2. The maximum absolute atomic E-state index is 13.0. The molecule has 2 rings (SSSR count). The molecule has 138 valence electrons. The predicted octanol–water partition coefficient (Wildman–Crippen LogP) is -1.01. The van der Waals surface area contributed by atoms with E-state index < -0.39 is 33.9 Å². The van der Waals surface area contributed by atoms with E-state index in [1.807, 2.05) is 0 Å². The summed E-state index contributed by atoms with van der Waals surface area (Å²) in [7, 11) is -2.53. The highest BCUT2D eigenvalue weighted by Gasteiger charge is 2.34. The van der Waals surface area contributed by atoms with Gasteiger partial charge in [-0.15, -0.1) is 0 Å². The summed E-state index contributed by atoms with van der Waals surface area (Å²) < 4.78 is 43.8. The first-order valence-electron chi connectivity index (χ1n) is 7.75. The number of ether oxygens (including phenoxy) is 1. The molecule has 1 aliphatic heterocycles. The summed E-state index contributed by atoms with van der Waals surface area (Å²) in [5.74, 6) is -0.977. The number of carbonyl (C=O) groups excluding carboxylic acids is 2. The number of quaternary nitrogens is 1. The van der Waals surface area contributed by atoms with Gasteiger partial charge in [0, 0.05) is 0 Å². The lowest BCUT2D eigenvalue weighted by Gasteiger charge is -2.34. The lowest BCUT2D eigenvalue weighted by Crippen LogP contribution is -3.19. The van der Waals surface area contributed by atoms with Crippen molar-refractivity contribution in [2.24, 2.45) is 0 Å². The van der Waals surface area contributed by atoms with E-state index >= 15 is 0 Å². The van der Waals surface area contributed by atoms with Gasteiger partial charge in [-0.05, 0) is 31.2 Å². The molecule has 2 amide bonds. The third kappa shape index (κ3) is 4.53. The molecule has 2 N–H and O–H groups in total. The van der Waals surface area contributed by atoms with Crippen LogP contribution in [-0.4, -0.2) is 64.1 Å². The van der Waals surface area contributed by atoms with E-state index in [-0.39, 0.29) is 18.0 Å². The number of alkyl carbamates (subject to hydrolysis) is 1. The number of nitrogens with zero attached hydrogens (tertiary/aromatic N) is 1. The second-order valence-electron chi connectivity index (χ2n) is 5.72. The first-order chi connectivity index (χ1) is 11.8. The Morgan fingerprint density at radius 3 is 2.32 bits per heavy atom. The van der Waals surface area contributed by atoms with E-state index in [1.54, 1.807) is 6.92 Å². The summed E-state index contributed by atoms with van der Waals surface area (Å²) in [6.45, 7) is 2.94. The van der Waals surface area contributed by atoms with Crippen LogP contribution in [0.2, 0.25) is 0 Å². The fourth-order valence-corrected chi connectivity index (χ4v) is 4.09. The first-order valence-corrected chi connectivity index (χ1v) is 9.19. The van der Waals surface area contributed by atoms with Gasteiger partial charge in [-0.2, -0.15) is 4.31 Å². The van der Waals surface area contributed by atoms with Gasteiger partial charge < -0.3 is 9.64 Å². The molecular weight excluding hydrogens is 353 g/mol. The van der Waals surface area contributed by atoms with Gasteiger partial charge in [0.2, 0.25) is 10.0 Å². The van der Waals surface area contributed by atoms with Crippen LogP contribution in [0.15, 0.2) is 29.2 Å². The Morgan fingerprint density at radius 2 is 1.80 bits per heavy atom. The van der Waals surface area contributed by atoms with Crippen molar-refractivity contribution in [3.05, 3.63) is 30.1 Å². The Hall–Kier alpha value is -2.04. The van der Waals surface area contributed by atoms with Crippen molar-refractivity contribution in [1.29, 1.82) is 0 Å². The quantitative estimate of drug-likeness (QED) is 0.704. The van der Waals surface area contributed by atoms with Crippen molar-refractivity contribution in [2.45, 2.75) is 17.9 Å². The van der Waals surface area contributed by atoms with Crippen molar-refractivity contribution < 1.29 is 32.0 Å². The van der Waals surface area contributed by atoms with Crippen molar-refractivity contribution in [3.8, 4) is 0 Å². The van der Waals surface area contributed by atoms with Gasteiger partial charge in [0.15, 0.2) is 6.04 Å². The highest BCUT2D eigenvalue weighted by Crippen LogP contribution is 2.16. The molecule has 0 aromatic heterocycles. The average molecular weight is 374 g/mol. The highest BCUT2D eigenvalue weighted by molar-refractivity contribution is 7.89. The van der Waals surface area contributed by atoms with Crippen LogP contribution in [0.1, 0.15) is 6.92 Å². The number of amides is 2. The molecule has 0 bridgehead atoms. The Labute approximate surface area is 145 Å². The van der Waals surface area contributed by atoms with Crippen LogP contribution < -0.4 is 10.2 Å². The van der Waals surface area contributed by atoms with Gasteiger partial charge >= 0.3 is 6.09 Å². The van der Waals surface area contributed by atoms with E-state index in [0.717, 1.165) is 17.0 Å². The minimum atomic E-state index is -3.69. The summed E-state index contributed by atoms with van der Waals surface area (Å²) in [5, 5.41) is 2.11. The number of hydrogen-bond acceptors (Lipinski definition) is 5. The maximum Gasteiger partial charge on any atom is 0.413 e. The fraction of sp³-hybridized carbons (Fsp3) is 0.467. The summed E-state index contributed by atoms with van der Waals surface area (Å²) >= 11 is 0. The zero-order valence-corrected chi connectivity index (χ0v) is 14.8. The standard InChI is InChI=1S/C15H20FN3O5S/c1-11(14(20)17-15(21)24-2)18-7-9-19(10-8-18)25(22,23)13-5-3-12(16)4-6-13/h3-6,11H,7-10H2,1-2H3,(H,17,20,21)/p+1/t11-/m0/s1. The Balaban J connectivity index is 1.98. The molecular formula is C15H21FN3O5S+. The lowest BCUT2D eigenvalue weighted by molar-refractivity contribution is -0.917. The summed E-state index contributed by atoms with van der Waals surface area (Å²) in [6.07, 6.45) is -0.825. The molecule has 0 saturated carbocycles. The van der Waals surface area contributed by atoms with E-state index in [4.69, 9.17) is 0 Å². The molecule has 1 fully saturated rings. The number of sulfonamides is 1. The smallest absolute Gasteiger partial charge is 0.413 e. The molecule has 1 saturated heterocycles. The third-order valence-corrected chi connectivity index (χ3v) is 6.15. The van der Waals surface area contributed by atoms with Crippen molar-refractivity contribution in [3.63, 3.8) is 0 Å². The summed E-state index contributed by atoms with van der Waals surface area (Å²) in [5.41, 5.74) is 0. The minimum Gasteiger partial charge on any atom is -0.453 e. The molecule has 1 aliphatic rings. The number of halogens is 1. The van der Waals surface area contributed by atoms with E-state index in [9.17, 15) is 22.4 Å². The average Bonchev–Trinajstić information content (AvgIpc) is 2.61. The molecule has 0 unspecified atom stereocenters. The maximum atomic E-state index is 13.0. The summed E-state index contributed by atoms with van der Waals surface area (Å²) in [6, 6.07) is 4.16. The molecule has 0 aliphatic carbocycles. The summed E-state index contributed by atoms with van der Waals surface area (Å²) in [4.78, 5) is 23.9. The van der Waals surface area contributed by atoms with Gasteiger partial charge in [0.05, 0.1) is 38.2 Å². The Morgan fingerprint density at radius 1 is 1.24 bits per heavy atom. The third-order valence-electron chi connectivity index (χ3n) is 4.23. The van der Waals surface area contributed by atoms with Crippen LogP contribution in [0.25, 0.3) is 0 Å². The van der Waals surface area contributed by atoms with Crippen LogP contribution >= 0.6 is 0 Å². The number of hydrogen-bond donors (Lipinski definition) is 2. The first kappa shape index (κ1) is 19.3. The zero-order valence-electron chi connectivity index (χ0n) is 14.0. The Kier molecular flexibility index (Phi) is 6.09. The van der Waals surface area contributed by atoms with Gasteiger partial charge in [-0.25, -0.2) is 17.6 Å². The van der Waals surface area contributed by atoms with Crippen molar-refractivity contribution >= 4 is 22.0 Å². The number of piperazine rings is 1. The largest absolute Gasteiger partial charge is 0.453 e. The van der Waals surface area contributed by atoms with Crippen molar-refractivity contribution in [2.75, 3.05) is 33.3 Å². The SMILES string of the molecule is COC(=O)NC(=O)[C@H](C)[NH+]1CCN(S(=O)(=O)c2ccc(F)cc2)CC1. The second kappa shape index (κ2) is 7.89. The molecule has 1 aromatic carbocycles. The molecule has 0 spiro atoms. The van der Waals surface area contributed by atoms with Crippen LogP contribution in [0.3, 0.4) is 0 Å². The predicted molar refractivity (Wildman–Crippen MR) is 85.9 cm³/mol. The van der Waals surface area contributed by atoms with Gasteiger partial charge in [0.1, 0.15) is 5.82 Å². The van der Waals surface area contributed by atoms with Crippen LogP contribution in [0, 0.1) is 5.82 Å². The topological polar surface area (TPSA) is 97.2 Å². The molecule has 25 heavy (non-hydrogen) atoms. The number of nitrogens with one attached hydrogen (secondary N) is 2. The van der Waals surface area contributed by atoms with Crippen LogP contribution in [-0.2, 0) is 19.6 Å². The minimum absolute atomic E-state index is 0.0360. The van der Waals surface area contributed by atoms with Gasteiger partial charge in [0.25, 0.3) is 5.91 Å². The molecule has 1 heterocycles. The molecule has 0 radical (unpaired) electrons. The van der Waals surface area contributed by atoms with Gasteiger partial charge in [-0.1, -0.05) is 0 Å². The molecule has 10 heteroatoms. The van der Waals surface area contributed by atoms with E-state index in [2.05, 4.69) is 10.1 Å². The molecule has 1 aromatic rings. The number of imide groups is 1. The zero-order chi connectivity index (χ0) is 18.6. The fourth-order valence-electron chi connectivity index (χ4n) is 2.65. The number of methoxy groups -OCH3 is 1. The number of benzene rings is 1. The monoisotopic (exact) mass is 374 g/mol. The Bertz CT molecular complexity index is 730. The molecule has 8 nitrogen and oxygen atoms in total. The van der Waals surface area contributed by atoms with E-state index in [0.29, 0.717) is 13.1 Å². The normalized spacial score (nSPS) is 17.7. The van der Waals surface area contributed by atoms with Crippen molar-refractivity contribution in [1.82, 2.24) is 9.62 Å². The number of rotatable bonds is 4.